The van der Waals surface area contributed by atoms with E-state index in [4.69, 9.17) is 18.9 Å². The summed E-state index contributed by atoms with van der Waals surface area (Å²) in [6, 6.07) is 0. The summed E-state index contributed by atoms with van der Waals surface area (Å²) < 4.78 is 59.2. The highest BCUT2D eigenvalue weighted by Gasteiger charge is 2.48. The maximum Gasteiger partial charge on any atom is 0.397 e. The van der Waals surface area contributed by atoms with Crippen molar-refractivity contribution in [2.24, 2.45) is 0 Å². The maximum atomic E-state index is 12.9. The minimum Gasteiger partial charge on any atom is -0.457 e. The van der Waals surface area contributed by atoms with E-state index in [9.17, 15) is 33.1 Å². The zero-order valence-electron chi connectivity index (χ0n) is 40.3. The van der Waals surface area contributed by atoms with Crippen molar-refractivity contribution in [1.82, 2.24) is 0 Å². The Morgan fingerprint density at radius 3 is 1.55 bits per heavy atom. The van der Waals surface area contributed by atoms with Gasteiger partial charge in [0.15, 0.2) is 6.29 Å². The lowest BCUT2D eigenvalue weighted by Gasteiger charge is -2.41. The first kappa shape index (κ1) is 60.6. The van der Waals surface area contributed by atoms with Crippen LogP contribution in [0.2, 0.25) is 0 Å². The third kappa shape index (κ3) is 36.3. The third-order valence-corrected chi connectivity index (χ3v) is 11.6. The summed E-state index contributed by atoms with van der Waals surface area (Å²) in [6.07, 6.45) is 46.5. The minimum absolute atomic E-state index is 0.0208. The van der Waals surface area contributed by atoms with Gasteiger partial charge in [-0.05, 0) is 64.2 Å². The van der Waals surface area contributed by atoms with Gasteiger partial charge >= 0.3 is 16.4 Å². The van der Waals surface area contributed by atoms with Gasteiger partial charge in [-0.1, -0.05) is 189 Å². The lowest BCUT2D eigenvalue weighted by Crippen LogP contribution is -2.60. The quantitative estimate of drug-likeness (QED) is 0.0197. The summed E-state index contributed by atoms with van der Waals surface area (Å²) in [7, 11) is -5.07. The minimum atomic E-state index is -5.07. The monoisotopic (exact) mass is 939 g/mol. The van der Waals surface area contributed by atoms with Crippen LogP contribution >= 0.6 is 0 Å². The first-order valence-electron chi connectivity index (χ1n) is 25.2. The van der Waals surface area contributed by atoms with Gasteiger partial charge in [0.25, 0.3) is 0 Å². The summed E-state index contributed by atoms with van der Waals surface area (Å²) in [6.45, 7) is 3.83. The molecule has 1 fully saturated rings. The molecule has 0 bridgehead atoms. The van der Waals surface area contributed by atoms with E-state index in [-0.39, 0.29) is 19.6 Å². The number of aliphatic hydroxyl groups is 3. The van der Waals surface area contributed by atoms with Crippen LogP contribution in [0.15, 0.2) is 72.9 Å². The predicted octanol–water partition coefficient (Wildman–Crippen LogP) is 11.5. The Labute approximate surface area is 394 Å². The van der Waals surface area contributed by atoms with E-state index in [0.29, 0.717) is 13.0 Å². The molecule has 1 aliphatic rings. The van der Waals surface area contributed by atoms with E-state index >= 15 is 0 Å². The Balaban J connectivity index is 2.38. The van der Waals surface area contributed by atoms with Crippen molar-refractivity contribution in [2.45, 2.75) is 224 Å². The molecule has 376 valence electrons. The van der Waals surface area contributed by atoms with Crippen LogP contribution in [0.25, 0.3) is 0 Å². The van der Waals surface area contributed by atoms with Gasteiger partial charge in [0.2, 0.25) is 0 Å². The molecule has 0 radical (unpaired) electrons. The largest absolute Gasteiger partial charge is 0.457 e. The second kappa shape index (κ2) is 42.9. The fourth-order valence-corrected chi connectivity index (χ4v) is 7.83. The van der Waals surface area contributed by atoms with Gasteiger partial charge in [-0.15, -0.1) is 0 Å². The number of aliphatic hydroxyl groups excluding tert-OH is 3. The van der Waals surface area contributed by atoms with E-state index < -0.39 is 59.8 Å². The van der Waals surface area contributed by atoms with Gasteiger partial charge in [-0.3, -0.25) is 9.35 Å². The smallest absolute Gasteiger partial charge is 0.397 e. The molecular formula is C52H90O12S. The summed E-state index contributed by atoms with van der Waals surface area (Å²) >= 11 is 0. The van der Waals surface area contributed by atoms with Crippen LogP contribution in [0.1, 0.15) is 187 Å². The van der Waals surface area contributed by atoms with Gasteiger partial charge in [-0.25, -0.2) is 4.18 Å². The first-order valence-corrected chi connectivity index (χ1v) is 26.6. The molecular weight excluding hydrogens is 849 g/mol. The lowest BCUT2D eigenvalue weighted by molar-refractivity contribution is -0.301. The highest BCUT2D eigenvalue weighted by molar-refractivity contribution is 7.80. The number of carbonyl (C=O) groups excluding carboxylic acids is 1. The number of hydrogen-bond donors (Lipinski definition) is 4. The van der Waals surface area contributed by atoms with Crippen LogP contribution in [-0.2, 0) is 38.3 Å². The van der Waals surface area contributed by atoms with Crippen LogP contribution in [-0.4, -0.2) is 97.5 Å². The average molecular weight is 939 g/mol. The van der Waals surface area contributed by atoms with Crippen molar-refractivity contribution < 1.29 is 56.2 Å². The molecule has 0 amide bonds. The number of hydrogen-bond acceptors (Lipinski definition) is 11. The number of carbonyl (C=O) groups is 1. The zero-order valence-corrected chi connectivity index (χ0v) is 41.1. The SMILES string of the molecule is CC/C=C\C/C=C\C/C=C\C/C=C\C/C=C\C/C=C\CCCCCCCOCC(COC1OC(CO)C(O)C(OS(=O)(=O)O)C1O)OC(=O)CCCCCCCCCCCCCCCC. The average Bonchev–Trinajstić information content (AvgIpc) is 3.28. The molecule has 1 aliphatic heterocycles. The van der Waals surface area contributed by atoms with Crippen molar-refractivity contribution in [3.05, 3.63) is 72.9 Å². The van der Waals surface area contributed by atoms with Crippen LogP contribution in [0.5, 0.6) is 0 Å². The highest BCUT2D eigenvalue weighted by atomic mass is 32.3. The molecule has 1 rings (SSSR count). The van der Waals surface area contributed by atoms with Crippen LogP contribution in [0.4, 0.5) is 0 Å². The summed E-state index contributed by atoms with van der Waals surface area (Å²) in [5.41, 5.74) is 0. The summed E-state index contributed by atoms with van der Waals surface area (Å²) in [5.74, 6) is -0.408. The van der Waals surface area contributed by atoms with Crippen LogP contribution in [0, 0.1) is 0 Å². The van der Waals surface area contributed by atoms with Gasteiger partial charge < -0.3 is 34.3 Å². The molecule has 65 heavy (non-hydrogen) atoms. The third-order valence-electron chi connectivity index (χ3n) is 11.1. The van der Waals surface area contributed by atoms with Gasteiger partial charge in [0.1, 0.15) is 30.5 Å². The second-order valence-electron chi connectivity index (χ2n) is 17.0. The Hall–Kier alpha value is -2.46. The number of ether oxygens (including phenoxy) is 4. The highest BCUT2D eigenvalue weighted by Crippen LogP contribution is 2.26. The number of rotatable bonds is 43. The van der Waals surface area contributed by atoms with Crippen molar-refractivity contribution >= 4 is 16.4 Å². The van der Waals surface area contributed by atoms with Crippen molar-refractivity contribution in [3.63, 3.8) is 0 Å². The van der Waals surface area contributed by atoms with Gasteiger partial charge in [0.05, 0.1) is 19.8 Å². The second-order valence-corrected chi connectivity index (χ2v) is 18.1. The molecule has 0 spiro atoms. The molecule has 6 unspecified atom stereocenters. The molecule has 0 saturated carbocycles. The standard InChI is InChI=1S/C52H90O12S/c1-3-5-7-9-11-13-15-17-19-20-21-22-23-24-25-26-27-28-30-32-34-36-38-40-42-60-44-46(45-61-52-50(56)51(64-65(57,58)59)49(55)47(43-53)63-52)62-48(54)41-39-37-35-33-31-29-18-16-14-12-10-8-6-4-2/h5,7,11,13,17,19,21-22,24-25,27-28,46-47,49-53,55-56H,3-4,6,8-10,12,14-16,18,20,23,26,29-45H2,1-2H3,(H,57,58,59)/b7-5-,13-11-,19-17-,22-21-,25-24-,28-27-. The van der Waals surface area contributed by atoms with Gasteiger partial charge in [-0.2, -0.15) is 8.42 Å². The lowest BCUT2D eigenvalue weighted by atomic mass is 9.99. The number of unbranched alkanes of at least 4 members (excludes halogenated alkanes) is 18. The molecule has 1 heterocycles. The molecule has 0 aromatic rings. The molecule has 4 N–H and O–H groups in total. The molecule has 0 aromatic carbocycles. The molecule has 1 saturated heterocycles. The van der Waals surface area contributed by atoms with E-state index in [1.807, 2.05) is 0 Å². The predicted molar refractivity (Wildman–Crippen MR) is 262 cm³/mol. The van der Waals surface area contributed by atoms with Crippen molar-refractivity contribution in [2.75, 3.05) is 26.4 Å². The van der Waals surface area contributed by atoms with Crippen molar-refractivity contribution in [1.29, 1.82) is 0 Å². The Morgan fingerprint density at radius 1 is 0.600 bits per heavy atom. The fraction of sp³-hybridized carbons (Fsp3) is 0.750. The molecule has 6 atom stereocenters. The Kier molecular flexibility index (Phi) is 39.9. The molecule has 13 heteroatoms. The van der Waals surface area contributed by atoms with Crippen LogP contribution in [0.3, 0.4) is 0 Å². The number of allylic oxidation sites excluding steroid dienone is 12. The fourth-order valence-electron chi connectivity index (χ4n) is 7.32. The molecule has 0 aromatic heterocycles. The van der Waals surface area contributed by atoms with E-state index in [1.54, 1.807) is 0 Å². The Morgan fingerprint density at radius 2 is 1.06 bits per heavy atom. The molecule has 0 aliphatic carbocycles. The summed E-state index contributed by atoms with van der Waals surface area (Å²) in [5, 5.41) is 30.7. The van der Waals surface area contributed by atoms with Gasteiger partial charge in [0, 0.05) is 13.0 Å². The van der Waals surface area contributed by atoms with E-state index in [2.05, 4.69) is 90.9 Å². The van der Waals surface area contributed by atoms with E-state index in [1.165, 1.54) is 64.2 Å². The van der Waals surface area contributed by atoms with Crippen molar-refractivity contribution in [3.8, 4) is 0 Å². The van der Waals surface area contributed by atoms with E-state index in [0.717, 1.165) is 96.3 Å². The summed E-state index contributed by atoms with van der Waals surface area (Å²) in [4.78, 5) is 12.9. The molecule has 12 nitrogen and oxygen atoms in total. The topological polar surface area (TPSA) is 178 Å². The van der Waals surface area contributed by atoms with Crippen LogP contribution < -0.4 is 0 Å². The number of esters is 1. The first-order chi connectivity index (χ1) is 31.6. The zero-order chi connectivity index (χ0) is 47.5. The maximum absolute atomic E-state index is 12.9. The normalized spacial score (nSPS) is 20.2. The Bertz CT molecular complexity index is 1410.